The molecule has 0 aliphatic carbocycles. The Bertz CT molecular complexity index is 250. The standard InChI is InChI=1S/C12H24N2O3/c1-3-11(4-2,8-15)7-14-10(16)12(13)5-6-17-9-12/h15H,3-9,13H2,1-2H3,(H,14,16). The number of nitrogens with two attached hydrogens (primary N) is 1. The van der Waals surface area contributed by atoms with E-state index in [-0.39, 0.29) is 24.5 Å². The van der Waals surface area contributed by atoms with Gasteiger partial charge in [0.15, 0.2) is 0 Å². The number of carbonyl (C=O) groups excluding carboxylic acids is 1. The summed E-state index contributed by atoms with van der Waals surface area (Å²) in [6.45, 7) is 5.40. The van der Waals surface area contributed by atoms with E-state index in [1.807, 2.05) is 13.8 Å². The molecule has 0 aromatic heterocycles. The Morgan fingerprint density at radius 1 is 1.53 bits per heavy atom. The number of hydrogen-bond donors (Lipinski definition) is 3. The maximum Gasteiger partial charge on any atom is 0.242 e. The van der Waals surface area contributed by atoms with E-state index < -0.39 is 5.54 Å². The molecule has 5 heteroatoms. The number of amides is 1. The van der Waals surface area contributed by atoms with Gasteiger partial charge in [-0.3, -0.25) is 4.79 Å². The van der Waals surface area contributed by atoms with Gasteiger partial charge in [-0.05, 0) is 19.3 Å². The van der Waals surface area contributed by atoms with Crippen LogP contribution in [0.2, 0.25) is 0 Å². The maximum atomic E-state index is 12.0. The molecule has 1 rings (SSSR count). The second kappa shape index (κ2) is 5.80. The summed E-state index contributed by atoms with van der Waals surface area (Å²) in [5.74, 6) is -0.172. The highest BCUT2D eigenvalue weighted by Crippen LogP contribution is 2.25. The highest BCUT2D eigenvalue weighted by atomic mass is 16.5. The lowest BCUT2D eigenvalue weighted by Crippen LogP contribution is -2.56. The van der Waals surface area contributed by atoms with Crippen LogP contribution < -0.4 is 11.1 Å². The Morgan fingerprint density at radius 2 is 2.18 bits per heavy atom. The molecule has 0 aromatic carbocycles. The van der Waals surface area contributed by atoms with Crippen molar-refractivity contribution in [2.75, 3.05) is 26.4 Å². The lowest BCUT2D eigenvalue weighted by Gasteiger charge is -2.31. The van der Waals surface area contributed by atoms with Crippen molar-refractivity contribution in [2.24, 2.45) is 11.1 Å². The fourth-order valence-electron chi connectivity index (χ4n) is 1.98. The topological polar surface area (TPSA) is 84.6 Å². The van der Waals surface area contributed by atoms with Crippen molar-refractivity contribution in [3.05, 3.63) is 0 Å². The third kappa shape index (κ3) is 3.18. The van der Waals surface area contributed by atoms with Gasteiger partial charge in [0.05, 0.1) is 13.2 Å². The largest absolute Gasteiger partial charge is 0.396 e. The fourth-order valence-corrected chi connectivity index (χ4v) is 1.98. The summed E-state index contributed by atoms with van der Waals surface area (Å²) < 4.78 is 5.16. The minimum atomic E-state index is -0.886. The molecule has 4 N–H and O–H groups in total. The molecule has 0 bridgehead atoms. The zero-order chi connectivity index (χ0) is 12.9. The van der Waals surface area contributed by atoms with E-state index in [9.17, 15) is 9.90 Å². The highest BCUT2D eigenvalue weighted by Gasteiger charge is 2.39. The van der Waals surface area contributed by atoms with Gasteiger partial charge in [-0.1, -0.05) is 13.8 Å². The van der Waals surface area contributed by atoms with E-state index in [1.54, 1.807) is 0 Å². The number of aliphatic hydroxyl groups is 1. The van der Waals surface area contributed by atoms with Crippen LogP contribution in [0.15, 0.2) is 0 Å². The first-order chi connectivity index (χ1) is 8.02. The summed E-state index contributed by atoms with van der Waals surface area (Å²) in [4.78, 5) is 12.0. The van der Waals surface area contributed by atoms with Crippen LogP contribution in [-0.2, 0) is 9.53 Å². The Labute approximate surface area is 103 Å². The van der Waals surface area contributed by atoms with Crippen LogP contribution in [0.3, 0.4) is 0 Å². The molecular weight excluding hydrogens is 220 g/mol. The van der Waals surface area contributed by atoms with Gasteiger partial charge in [0.2, 0.25) is 5.91 Å². The van der Waals surface area contributed by atoms with Crippen LogP contribution in [0.25, 0.3) is 0 Å². The number of carbonyl (C=O) groups is 1. The van der Waals surface area contributed by atoms with Crippen molar-refractivity contribution in [2.45, 2.75) is 38.6 Å². The average molecular weight is 244 g/mol. The van der Waals surface area contributed by atoms with Gasteiger partial charge < -0.3 is 20.9 Å². The molecule has 1 saturated heterocycles. The molecule has 1 aliphatic rings. The van der Waals surface area contributed by atoms with Crippen LogP contribution in [-0.4, -0.2) is 42.9 Å². The lowest BCUT2D eigenvalue weighted by atomic mass is 9.83. The van der Waals surface area contributed by atoms with Crippen LogP contribution in [0, 0.1) is 5.41 Å². The van der Waals surface area contributed by atoms with Crippen molar-refractivity contribution in [1.29, 1.82) is 0 Å². The Balaban J connectivity index is 2.52. The average Bonchev–Trinajstić information content (AvgIpc) is 2.80. The smallest absolute Gasteiger partial charge is 0.242 e. The monoisotopic (exact) mass is 244 g/mol. The molecule has 17 heavy (non-hydrogen) atoms. The van der Waals surface area contributed by atoms with Crippen LogP contribution in [0.1, 0.15) is 33.1 Å². The molecule has 1 unspecified atom stereocenters. The van der Waals surface area contributed by atoms with Gasteiger partial charge in [-0.2, -0.15) is 0 Å². The fraction of sp³-hybridized carbons (Fsp3) is 0.917. The minimum absolute atomic E-state index is 0.0777. The third-order valence-corrected chi connectivity index (χ3v) is 3.96. The van der Waals surface area contributed by atoms with Crippen LogP contribution in [0.4, 0.5) is 0 Å². The molecule has 0 radical (unpaired) electrons. The van der Waals surface area contributed by atoms with Crippen LogP contribution >= 0.6 is 0 Å². The first kappa shape index (κ1) is 14.4. The van der Waals surface area contributed by atoms with Gasteiger partial charge in [-0.15, -0.1) is 0 Å². The maximum absolute atomic E-state index is 12.0. The Kier molecular flexibility index (Phi) is 4.91. The molecule has 1 fully saturated rings. The van der Waals surface area contributed by atoms with Crippen molar-refractivity contribution in [1.82, 2.24) is 5.32 Å². The molecule has 0 aromatic rings. The molecule has 1 amide bonds. The van der Waals surface area contributed by atoms with E-state index in [0.717, 1.165) is 12.8 Å². The summed E-state index contributed by atoms with van der Waals surface area (Å²) in [5.41, 5.74) is 4.84. The summed E-state index contributed by atoms with van der Waals surface area (Å²) in [5, 5.41) is 12.3. The van der Waals surface area contributed by atoms with Gasteiger partial charge in [0, 0.05) is 18.6 Å². The molecule has 1 atom stereocenters. The van der Waals surface area contributed by atoms with Crippen molar-refractivity contribution in [3.63, 3.8) is 0 Å². The zero-order valence-corrected chi connectivity index (χ0v) is 10.8. The van der Waals surface area contributed by atoms with Gasteiger partial charge in [0.25, 0.3) is 0 Å². The molecule has 0 saturated carbocycles. The normalized spacial score (nSPS) is 24.9. The number of hydrogen-bond acceptors (Lipinski definition) is 4. The Morgan fingerprint density at radius 3 is 2.59 bits per heavy atom. The summed E-state index contributed by atoms with van der Waals surface area (Å²) in [6, 6.07) is 0. The number of aliphatic hydroxyl groups excluding tert-OH is 1. The predicted octanol–water partition coefficient (Wildman–Crippen LogP) is 0.0191. The van der Waals surface area contributed by atoms with Gasteiger partial charge >= 0.3 is 0 Å². The highest BCUT2D eigenvalue weighted by molar-refractivity contribution is 5.86. The second-order valence-corrected chi connectivity index (χ2v) is 5.01. The molecular formula is C12H24N2O3. The van der Waals surface area contributed by atoms with Gasteiger partial charge in [-0.25, -0.2) is 0 Å². The first-order valence-electron chi connectivity index (χ1n) is 6.28. The molecule has 100 valence electrons. The Hall–Kier alpha value is -0.650. The molecule has 5 nitrogen and oxygen atoms in total. The molecule has 0 spiro atoms. The molecule has 1 heterocycles. The van der Waals surface area contributed by atoms with E-state index in [4.69, 9.17) is 10.5 Å². The van der Waals surface area contributed by atoms with E-state index in [2.05, 4.69) is 5.32 Å². The van der Waals surface area contributed by atoms with Gasteiger partial charge in [0.1, 0.15) is 5.54 Å². The second-order valence-electron chi connectivity index (χ2n) is 5.01. The molecule has 1 aliphatic heterocycles. The zero-order valence-electron chi connectivity index (χ0n) is 10.8. The summed E-state index contributed by atoms with van der Waals surface area (Å²) in [7, 11) is 0. The predicted molar refractivity (Wildman–Crippen MR) is 65.5 cm³/mol. The third-order valence-electron chi connectivity index (χ3n) is 3.96. The van der Waals surface area contributed by atoms with Crippen molar-refractivity contribution >= 4 is 5.91 Å². The minimum Gasteiger partial charge on any atom is -0.396 e. The number of rotatable bonds is 6. The lowest BCUT2D eigenvalue weighted by molar-refractivity contribution is -0.127. The van der Waals surface area contributed by atoms with Crippen molar-refractivity contribution < 1.29 is 14.6 Å². The number of nitrogens with one attached hydrogen (secondary N) is 1. The van der Waals surface area contributed by atoms with Crippen molar-refractivity contribution in [3.8, 4) is 0 Å². The SMILES string of the molecule is CCC(CC)(CO)CNC(=O)C1(N)CCOC1. The number of ether oxygens (including phenoxy) is 1. The van der Waals surface area contributed by atoms with E-state index in [1.165, 1.54) is 0 Å². The summed E-state index contributed by atoms with van der Waals surface area (Å²) >= 11 is 0. The van der Waals surface area contributed by atoms with E-state index >= 15 is 0 Å². The first-order valence-corrected chi connectivity index (χ1v) is 6.28. The quantitative estimate of drug-likeness (QED) is 0.615. The van der Waals surface area contributed by atoms with E-state index in [0.29, 0.717) is 19.6 Å². The van der Waals surface area contributed by atoms with Crippen LogP contribution in [0.5, 0.6) is 0 Å². The summed E-state index contributed by atoms with van der Waals surface area (Å²) in [6.07, 6.45) is 2.21.